The lowest BCUT2D eigenvalue weighted by Crippen LogP contribution is -2.04. The molecule has 1 N–H and O–H groups in total. The molecule has 0 fully saturated rings. The van der Waals surface area contributed by atoms with Crippen molar-refractivity contribution in [1.82, 2.24) is 9.97 Å². The molecule has 8 heteroatoms. The summed E-state index contributed by atoms with van der Waals surface area (Å²) in [7, 11) is 3.19. The van der Waals surface area contributed by atoms with Gasteiger partial charge in [-0.15, -0.1) is 0 Å². The fraction of sp³-hybridized carbons (Fsp3) is 0.100. The molecule has 0 radical (unpaired) electrons. The summed E-state index contributed by atoms with van der Waals surface area (Å²) >= 11 is 12.7. The number of nitrogens with zero attached hydrogens (tertiary/aromatic N) is 1. The molecule has 0 spiro atoms. The molecule has 2 heterocycles. The van der Waals surface area contributed by atoms with Crippen LogP contribution in [0.1, 0.15) is 0 Å². The minimum atomic E-state index is -0.103. The summed E-state index contributed by atoms with van der Waals surface area (Å²) in [5.41, 5.74) is -0.103. The van der Waals surface area contributed by atoms with Gasteiger partial charge in [0.25, 0.3) is 5.56 Å². The van der Waals surface area contributed by atoms with Gasteiger partial charge in [0.2, 0.25) is 0 Å². The van der Waals surface area contributed by atoms with Crippen molar-refractivity contribution in [3.63, 3.8) is 0 Å². The van der Waals surface area contributed by atoms with E-state index in [0.29, 0.717) is 16.3 Å². The highest BCUT2D eigenvalue weighted by Crippen LogP contribution is 2.32. The van der Waals surface area contributed by atoms with Crippen molar-refractivity contribution in [2.75, 3.05) is 14.2 Å². The molecule has 0 aliphatic carbocycles. The number of fused-ring (bicyclic) bond motifs is 2. The van der Waals surface area contributed by atoms with Gasteiger partial charge in [0.05, 0.1) is 28.6 Å². The van der Waals surface area contributed by atoms with Gasteiger partial charge in [-0.2, -0.15) is 0 Å². The summed E-state index contributed by atoms with van der Waals surface area (Å²) in [6.45, 7) is 0. The van der Waals surface area contributed by atoms with Crippen LogP contribution in [0.5, 0.6) is 11.5 Å². The van der Waals surface area contributed by atoms with Crippen molar-refractivity contribution < 1.29 is 9.47 Å². The fourth-order valence-corrected chi connectivity index (χ4v) is 3.90. The fourth-order valence-electron chi connectivity index (χ4n) is 2.64. The predicted molar refractivity (Wildman–Crippen MR) is 120 cm³/mol. The van der Waals surface area contributed by atoms with Gasteiger partial charge in [0, 0.05) is 17.8 Å². The third-order valence-corrected chi connectivity index (χ3v) is 5.57. The lowest BCUT2D eigenvalue weighted by atomic mass is 10.2. The topological polar surface area (TPSA) is 64.2 Å². The molecular weight excluding hydrogens is 511 g/mol. The summed E-state index contributed by atoms with van der Waals surface area (Å²) < 4.78 is 12.0. The van der Waals surface area contributed by atoms with Crippen LogP contribution < -0.4 is 15.0 Å². The molecule has 0 unspecified atom stereocenters. The second kappa shape index (κ2) is 8.94. The maximum absolute atomic E-state index is 11.4. The zero-order valence-electron chi connectivity index (χ0n) is 14.9. The standard InChI is InChI=1S/C10H7BrClNO.C10H8BrNO2/c1-14-9-5-7-6(4-8(9)11)2-3-13-10(7)12;1-14-9-5-7-6(4-8(9)11)2-3-12-10(7)13/h2-5H,1H3;2-5H,1H3,(H,12,13). The van der Waals surface area contributed by atoms with E-state index in [1.807, 2.05) is 30.3 Å². The number of halogens is 3. The number of aromatic nitrogens is 2. The van der Waals surface area contributed by atoms with E-state index < -0.39 is 0 Å². The summed E-state index contributed by atoms with van der Waals surface area (Å²) in [6.07, 6.45) is 3.31. The highest BCUT2D eigenvalue weighted by Gasteiger charge is 2.06. The quantitative estimate of drug-likeness (QED) is 0.328. The maximum atomic E-state index is 11.4. The average molecular weight is 527 g/mol. The van der Waals surface area contributed by atoms with Crippen molar-refractivity contribution in [3.8, 4) is 11.5 Å². The molecule has 5 nitrogen and oxygen atoms in total. The Morgan fingerprint density at radius 1 is 0.929 bits per heavy atom. The second-order valence-corrected chi connectivity index (χ2v) is 7.76. The summed E-state index contributed by atoms with van der Waals surface area (Å²) in [6, 6.07) is 11.2. The third kappa shape index (κ3) is 4.32. The molecule has 0 atom stereocenters. The first-order chi connectivity index (χ1) is 13.4. The van der Waals surface area contributed by atoms with Gasteiger partial charge in [-0.05, 0) is 79.0 Å². The highest BCUT2D eigenvalue weighted by atomic mass is 79.9. The molecule has 4 rings (SSSR count). The predicted octanol–water partition coefficient (Wildman–Crippen LogP) is 5.96. The number of nitrogens with one attached hydrogen (secondary N) is 1. The van der Waals surface area contributed by atoms with E-state index in [2.05, 4.69) is 41.8 Å². The minimum absolute atomic E-state index is 0.103. The van der Waals surface area contributed by atoms with Crippen LogP contribution in [0.25, 0.3) is 21.5 Å². The molecule has 0 bridgehead atoms. The van der Waals surface area contributed by atoms with Crippen LogP contribution in [0.15, 0.2) is 62.5 Å². The van der Waals surface area contributed by atoms with Gasteiger partial charge in [-0.3, -0.25) is 4.79 Å². The molecule has 2 aromatic heterocycles. The van der Waals surface area contributed by atoms with Crippen LogP contribution in [-0.4, -0.2) is 24.2 Å². The summed E-state index contributed by atoms with van der Waals surface area (Å²) in [4.78, 5) is 18.1. The molecule has 0 amide bonds. The van der Waals surface area contributed by atoms with Crippen LogP contribution in [0.4, 0.5) is 0 Å². The molecule has 4 aromatic rings. The number of methoxy groups -OCH3 is 2. The minimum Gasteiger partial charge on any atom is -0.496 e. The zero-order chi connectivity index (χ0) is 20.3. The number of rotatable bonds is 2. The number of hydrogen-bond acceptors (Lipinski definition) is 4. The normalized spacial score (nSPS) is 10.5. The number of hydrogen-bond donors (Lipinski definition) is 1. The van der Waals surface area contributed by atoms with Crippen LogP contribution in [0.2, 0.25) is 5.15 Å². The molecule has 0 saturated heterocycles. The van der Waals surface area contributed by atoms with E-state index in [4.69, 9.17) is 21.1 Å². The molecule has 2 aromatic carbocycles. The lowest BCUT2D eigenvalue weighted by molar-refractivity contribution is 0.412. The van der Waals surface area contributed by atoms with E-state index in [-0.39, 0.29) is 5.56 Å². The van der Waals surface area contributed by atoms with E-state index in [0.717, 1.165) is 30.9 Å². The highest BCUT2D eigenvalue weighted by molar-refractivity contribution is 9.11. The van der Waals surface area contributed by atoms with Gasteiger partial charge in [0.1, 0.15) is 16.7 Å². The van der Waals surface area contributed by atoms with Gasteiger partial charge in [-0.25, -0.2) is 4.98 Å². The largest absolute Gasteiger partial charge is 0.496 e. The molecule has 0 aliphatic rings. The zero-order valence-corrected chi connectivity index (χ0v) is 18.9. The Balaban J connectivity index is 0.000000161. The average Bonchev–Trinajstić information content (AvgIpc) is 2.68. The number of H-pyrrole nitrogens is 1. The van der Waals surface area contributed by atoms with E-state index in [1.54, 1.807) is 32.7 Å². The molecular formula is C20H15Br2ClN2O3. The number of ether oxygens (including phenoxy) is 2. The first kappa shape index (κ1) is 20.6. The SMILES string of the molecule is COc1cc2c(=O)[nH]ccc2cc1Br.COc1cc2c(Cl)nccc2cc1Br. The summed E-state index contributed by atoms with van der Waals surface area (Å²) in [5.74, 6) is 1.42. The smallest absolute Gasteiger partial charge is 0.255 e. The number of pyridine rings is 2. The Bertz CT molecular complexity index is 1210. The van der Waals surface area contributed by atoms with Crippen LogP contribution in [0.3, 0.4) is 0 Å². The Labute approximate surface area is 182 Å². The third-order valence-electron chi connectivity index (χ3n) is 4.03. The van der Waals surface area contributed by atoms with E-state index >= 15 is 0 Å². The van der Waals surface area contributed by atoms with Gasteiger partial charge < -0.3 is 14.5 Å². The van der Waals surface area contributed by atoms with E-state index in [9.17, 15) is 4.79 Å². The maximum Gasteiger partial charge on any atom is 0.255 e. The molecule has 144 valence electrons. The molecule has 28 heavy (non-hydrogen) atoms. The molecule has 0 aliphatic heterocycles. The lowest BCUT2D eigenvalue weighted by Gasteiger charge is -2.05. The number of aromatic amines is 1. The Kier molecular flexibility index (Phi) is 6.59. The first-order valence-corrected chi connectivity index (χ1v) is 10.0. The Morgan fingerprint density at radius 3 is 2.11 bits per heavy atom. The van der Waals surface area contributed by atoms with Gasteiger partial charge in [0.15, 0.2) is 0 Å². The van der Waals surface area contributed by atoms with Crippen LogP contribution in [-0.2, 0) is 0 Å². The van der Waals surface area contributed by atoms with E-state index in [1.165, 1.54) is 0 Å². The van der Waals surface area contributed by atoms with Gasteiger partial charge in [-0.1, -0.05) is 11.6 Å². The number of benzene rings is 2. The van der Waals surface area contributed by atoms with Gasteiger partial charge >= 0.3 is 0 Å². The second-order valence-electron chi connectivity index (χ2n) is 5.69. The van der Waals surface area contributed by atoms with Crippen molar-refractivity contribution in [2.45, 2.75) is 0 Å². The summed E-state index contributed by atoms with van der Waals surface area (Å²) in [5, 5.41) is 3.95. The van der Waals surface area contributed by atoms with Crippen LogP contribution in [0, 0.1) is 0 Å². The van der Waals surface area contributed by atoms with Crippen molar-refractivity contribution in [1.29, 1.82) is 0 Å². The monoisotopic (exact) mass is 524 g/mol. The first-order valence-electron chi connectivity index (χ1n) is 8.07. The molecule has 0 saturated carbocycles. The van der Waals surface area contributed by atoms with Crippen molar-refractivity contribution in [3.05, 3.63) is 73.2 Å². The Morgan fingerprint density at radius 2 is 1.50 bits per heavy atom. The van der Waals surface area contributed by atoms with Crippen molar-refractivity contribution >= 4 is 65.0 Å². The Hall–Kier alpha value is -2.09. The van der Waals surface area contributed by atoms with Crippen LogP contribution >= 0.6 is 43.5 Å². The van der Waals surface area contributed by atoms with Crippen molar-refractivity contribution in [2.24, 2.45) is 0 Å².